The van der Waals surface area contributed by atoms with E-state index in [-0.39, 0.29) is 0 Å². The molecule has 0 amide bonds. The molecular weight excluding hydrogens is 418 g/mol. The molecule has 6 rings (SSSR count). The maximum atomic E-state index is 4.96. The normalized spacial score (nSPS) is 12.1. The van der Waals surface area contributed by atoms with Crippen LogP contribution in [-0.2, 0) is 0 Å². The van der Waals surface area contributed by atoms with Gasteiger partial charge in [0.1, 0.15) is 11.6 Å². The van der Waals surface area contributed by atoms with E-state index in [1.807, 2.05) is 6.20 Å². The second-order valence-corrected chi connectivity index (χ2v) is 9.62. The van der Waals surface area contributed by atoms with Gasteiger partial charge in [0.05, 0.1) is 34.1 Å². The highest BCUT2D eigenvalue weighted by molar-refractivity contribution is 6.05. The van der Waals surface area contributed by atoms with Crippen LogP contribution in [-0.4, -0.2) is 24.9 Å². The van der Waals surface area contributed by atoms with Crippen molar-refractivity contribution >= 4 is 32.7 Å². The van der Waals surface area contributed by atoms with Crippen LogP contribution in [0.2, 0.25) is 0 Å². The molecule has 3 aromatic heterocycles. The largest absolute Gasteiger partial charge is 0.342 e. The Balaban J connectivity index is 1.37. The monoisotopic (exact) mass is 445 g/mol. The van der Waals surface area contributed by atoms with E-state index in [1.54, 1.807) is 0 Å². The van der Waals surface area contributed by atoms with Crippen LogP contribution in [0, 0.1) is 0 Å². The number of rotatable bonds is 4. The molecule has 34 heavy (non-hydrogen) atoms. The number of hydrogen-bond acceptors (Lipinski definition) is 3. The minimum Gasteiger partial charge on any atom is -0.342 e. The highest BCUT2D eigenvalue weighted by Crippen LogP contribution is 2.31. The number of aromatic nitrogens is 5. The molecule has 0 radical (unpaired) electrons. The van der Waals surface area contributed by atoms with Gasteiger partial charge >= 0.3 is 0 Å². The number of benzene rings is 3. The maximum absolute atomic E-state index is 4.96. The molecule has 0 aliphatic rings. The lowest BCUT2D eigenvalue weighted by molar-refractivity contribution is 0.795. The van der Waals surface area contributed by atoms with Gasteiger partial charge in [-0.1, -0.05) is 58.0 Å². The molecule has 0 bridgehead atoms. The predicted molar refractivity (Wildman–Crippen MR) is 140 cm³/mol. The summed E-state index contributed by atoms with van der Waals surface area (Å²) in [5.74, 6) is 2.78. The van der Waals surface area contributed by atoms with E-state index in [9.17, 15) is 0 Å². The van der Waals surface area contributed by atoms with Crippen LogP contribution in [0.15, 0.2) is 66.9 Å². The Labute approximate surface area is 198 Å². The number of fused-ring (bicyclic) bond motifs is 4. The molecule has 168 valence electrons. The average molecular weight is 446 g/mol. The molecule has 3 heterocycles. The van der Waals surface area contributed by atoms with Gasteiger partial charge in [0.2, 0.25) is 0 Å². The van der Waals surface area contributed by atoms with Crippen molar-refractivity contribution in [2.45, 2.75) is 39.5 Å². The van der Waals surface area contributed by atoms with Crippen LogP contribution in [0.1, 0.15) is 51.2 Å². The van der Waals surface area contributed by atoms with E-state index < -0.39 is 0 Å². The summed E-state index contributed by atoms with van der Waals surface area (Å²) in [7, 11) is 0. The van der Waals surface area contributed by atoms with Gasteiger partial charge in [0.25, 0.3) is 0 Å². The maximum Gasteiger partial charge on any atom is 0.109 e. The standard InChI is InChI=1S/C29H27N5/c1-16(2)28-30-15-26(33-28)21-8-11-24-20(14-21)7-10-23(31-24)19-5-9-22-18(13-19)6-12-25-27(22)34-29(32-25)17(3)4/h5-17H,1-4H3,(H,30,33)(H,32,34). The van der Waals surface area contributed by atoms with Crippen molar-refractivity contribution in [3.05, 3.63) is 78.5 Å². The highest BCUT2D eigenvalue weighted by atomic mass is 14.9. The Kier molecular flexibility index (Phi) is 4.73. The van der Waals surface area contributed by atoms with Crippen LogP contribution >= 0.6 is 0 Å². The molecule has 0 aliphatic heterocycles. The van der Waals surface area contributed by atoms with E-state index in [1.165, 1.54) is 5.39 Å². The molecule has 5 nitrogen and oxygen atoms in total. The Morgan fingerprint density at radius 1 is 0.676 bits per heavy atom. The molecule has 0 saturated heterocycles. The molecule has 2 N–H and O–H groups in total. The number of H-pyrrole nitrogens is 2. The zero-order valence-electron chi connectivity index (χ0n) is 19.8. The Morgan fingerprint density at radius 2 is 1.44 bits per heavy atom. The summed E-state index contributed by atoms with van der Waals surface area (Å²) in [6.45, 7) is 8.59. The third kappa shape index (κ3) is 3.45. The third-order valence-corrected chi connectivity index (χ3v) is 6.47. The number of aromatic amines is 2. The fraction of sp³-hybridized carbons (Fsp3) is 0.207. The van der Waals surface area contributed by atoms with E-state index in [2.05, 4.69) is 103 Å². The van der Waals surface area contributed by atoms with E-state index in [0.717, 1.165) is 61.5 Å². The quantitative estimate of drug-likeness (QED) is 0.294. The minimum atomic E-state index is 0.370. The summed E-state index contributed by atoms with van der Waals surface area (Å²) in [6, 6.07) is 21.4. The summed E-state index contributed by atoms with van der Waals surface area (Å²) < 4.78 is 0. The number of hydrogen-bond donors (Lipinski definition) is 2. The van der Waals surface area contributed by atoms with Crippen molar-refractivity contribution in [3.63, 3.8) is 0 Å². The van der Waals surface area contributed by atoms with Crippen LogP contribution in [0.25, 0.3) is 55.2 Å². The van der Waals surface area contributed by atoms with E-state index in [4.69, 9.17) is 9.97 Å². The van der Waals surface area contributed by atoms with Gasteiger partial charge in [-0.3, -0.25) is 0 Å². The number of nitrogens with zero attached hydrogens (tertiary/aromatic N) is 3. The van der Waals surface area contributed by atoms with Gasteiger partial charge in [-0.2, -0.15) is 0 Å². The fourth-order valence-corrected chi connectivity index (χ4v) is 4.48. The van der Waals surface area contributed by atoms with Gasteiger partial charge in [-0.05, 0) is 35.7 Å². The summed E-state index contributed by atoms with van der Waals surface area (Å²) >= 11 is 0. The number of nitrogens with one attached hydrogen (secondary N) is 2. The van der Waals surface area contributed by atoms with Crippen molar-refractivity contribution in [2.24, 2.45) is 0 Å². The van der Waals surface area contributed by atoms with Crippen LogP contribution in [0.4, 0.5) is 0 Å². The predicted octanol–water partition coefficient (Wildman–Crippen LogP) is 7.57. The molecule has 0 saturated carbocycles. The zero-order valence-corrected chi connectivity index (χ0v) is 19.8. The van der Waals surface area contributed by atoms with Gasteiger partial charge in [0, 0.05) is 33.7 Å². The first-order valence-corrected chi connectivity index (χ1v) is 11.8. The van der Waals surface area contributed by atoms with Crippen molar-refractivity contribution in [1.82, 2.24) is 24.9 Å². The Bertz CT molecular complexity index is 1670. The molecule has 0 unspecified atom stereocenters. The van der Waals surface area contributed by atoms with Gasteiger partial charge < -0.3 is 9.97 Å². The molecule has 5 heteroatoms. The van der Waals surface area contributed by atoms with Crippen molar-refractivity contribution in [2.75, 3.05) is 0 Å². The molecule has 0 spiro atoms. The van der Waals surface area contributed by atoms with Crippen molar-refractivity contribution < 1.29 is 0 Å². The average Bonchev–Trinajstić information content (AvgIpc) is 3.51. The second kappa shape index (κ2) is 7.80. The Hall–Kier alpha value is -3.99. The van der Waals surface area contributed by atoms with Crippen LogP contribution in [0.5, 0.6) is 0 Å². The zero-order chi connectivity index (χ0) is 23.4. The molecule has 0 aliphatic carbocycles. The first kappa shape index (κ1) is 20.6. The number of imidazole rings is 2. The lowest BCUT2D eigenvalue weighted by Gasteiger charge is -2.07. The first-order valence-electron chi connectivity index (χ1n) is 11.8. The van der Waals surface area contributed by atoms with E-state index >= 15 is 0 Å². The van der Waals surface area contributed by atoms with Gasteiger partial charge in [-0.15, -0.1) is 0 Å². The molecular formula is C29H27N5. The van der Waals surface area contributed by atoms with Crippen LogP contribution < -0.4 is 0 Å². The topological polar surface area (TPSA) is 70.2 Å². The van der Waals surface area contributed by atoms with Crippen molar-refractivity contribution in [3.8, 4) is 22.5 Å². The third-order valence-electron chi connectivity index (χ3n) is 6.47. The first-order chi connectivity index (χ1) is 16.5. The lowest BCUT2D eigenvalue weighted by Crippen LogP contribution is -1.90. The summed E-state index contributed by atoms with van der Waals surface area (Å²) in [5, 5.41) is 3.45. The van der Waals surface area contributed by atoms with Gasteiger partial charge in [0.15, 0.2) is 0 Å². The molecule has 3 aromatic carbocycles. The lowest BCUT2D eigenvalue weighted by atomic mass is 10.0. The summed E-state index contributed by atoms with van der Waals surface area (Å²) in [4.78, 5) is 21.2. The number of pyridine rings is 1. The Morgan fingerprint density at radius 3 is 2.24 bits per heavy atom. The van der Waals surface area contributed by atoms with E-state index in [0.29, 0.717) is 11.8 Å². The fourth-order valence-electron chi connectivity index (χ4n) is 4.48. The summed E-state index contributed by atoms with van der Waals surface area (Å²) in [5.41, 5.74) is 7.33. The van der Waals surface area contributed by atoms with Crippen molar-refractivity contribution in [1.29, 1.82) is 0 Å². The second-order valence-electron chi connectivity index (χ2n) is 9.62. The summed E-state index contributed by atoms with van der Waals surface area (Å²) in [6.07, 6.45) is 1.91. The van der Waals surface area contributed by atoms with Gasteiger partial charge in [-0.25, -0.2) is 15.0 Å². The molecule has 0 fully saturated rings. The minimum absolute atomic E-state index is 0.370. The smallest absolute Gasteiger partial charge is 0.109 e. The molecule has 6 aromatic rings. The molecule has 0 atom stereocenters. The highest BCUT2D eigenvalue weighted by Gasteiger charge is 2.11. The SMILES string of the molecule is CC(C)c1ncc(-c2ccc3nc(-c4ccc5c(ccc6[nH]c(C(C)C)nc65)c4)ccc3c2)[nH]1. The van der Waals surface area contributed by atoms with Crippen LogP contribution in [0.3, 0.4) is 0 Å².